The molecule has 3 aromatic rings. The highest BCUT2D eigenvalue weighted by Crippen LogP contribution is 2.38. The molecule has 2 aliphatic rings. The second kappa shape index (κ2) is 8.19. The number of fused-ring (bicyclic) bond motifs is 2. The number of benzene rings is 2. The first kappa shape index (κ1) is 18.7. The molecule has 152 valence electrons. The first-order valence-corrected chi connectivity index (χ1v) is 10.5. The maximum absolute atomic E-state index is 13.2. The van der Waals surface area contributed by atoms with Crippen LogP contribution in [0.2, 0.25) is 0 Å². The number of rotatable bonds is 5. The third-order valence-corrected chi connectivity index (χ3v) is 5.93. The molecule has 3 heterocycles. The van der Waals surface area contributed by atoms with Gasteiger partial charge in [0.25, 0.3) is 5.91 Å². The van der Waals surface area contributed by atoms with Crippen LogP contribution in [-0.4, -0.2) is 34.0 Å². The van der Waals surface area contributed by atoms with Crippen LogP contribution in [0.1, 0.15) is 36.0 Å². The van der Waals surface area contributed by atoms with E-state index < -0.39 is 0 Å². The first-order chi connectivity index (χ1) is 14.8. The molecular weight excluding hydrogens is 376 g/mol. The van der Waals surface area contributed by atoms with Gasteiger partial charge < -0.3 is 14.4 Å². The van der Waals surface area contributed by atoms with E-state index in [1.807, 2.05) is 72.8 Å². The van der Waals surface area contributed by atoms with Gasteiger partial charge in [0.15, 0.2) is 0 Å². The highest BCUT2D eigenvalue weighted by atomic mass is 16.5. The fraction of sp³-hybridized carbons (Fsp3) is 0.280. The Labute approximate surface area is 176 Å². The van der Waals surface area contributed by atoms with Crippen LogP contribution < -0.4 is 9.47 Å². The van der Waals surface area contributed by atoms with Gasteiger partial charge in [-0.2, -0.15) is 0 Å². The molecule has 2 aliphatic heterocycles. The smallest absolute Gasteiger partial charge is 0.254 e. The predicted octanol–water partition coefficient (Wildman–Crippen LogP) is 5.09. The quantitative estimate of drug-likeness (QED) is 0.599. The first-order valence-electron chi connectivity index (χ1n) is 10.5. The number of ether oxygens (including phenoxy) is 2. The zero-order chi connectivity index (χ0) is 20.3. The molecule has 1 aromatic heterocycles. The Kier molecular flexibility index (Phi) is 5.10. The summed E-state index contributed by atoms with van der Waals surface area (Å²) in [5, 5.41) is 0. The Hall–Kier alpha value is -3.34. The Bertz CT molecular complexity index is 978. The van der Waals surface area contributed by atoms with Crippen LogP contribution in [0.4, 0.5) is 0 Å². The van der Waals surface area contributed by atoms with Gasteiger partial charge in [-0.3, -0.25) is 4.79 Å². The summed E-state index contributed by atoms with van der Waals surface area (Å²) in [5.41, 5.74) is 0.705. The largest absolute Gasteiger partial charge is 0.474 e. The summed E-state index contributed by atoms with van der Waals surface area (Å²) in [6.07, 6.45) is 5.64. The lowest BCUT2D eigenvalue weighted by Gasteiger charge is -2.38. The second-order valence-corrected chi connectivity index (χ2v) is 7.92. The van der Waals surface area contributed by atoms with Gasteiger partial charge in [-0.15, -0.1) is 0 Å². The van der Waals surface area contributed by atoms with Crippen molar-refractivity contribution in [3.63, 3.8) is 0 Å². The molecule has 2 aromatic carbocycles. The van der Waals surface area contributed by atoms with E-state index in [0.29, 0.717) is 11.4 Å². The van der Waals surface area contributed by atoms with Gasteiger partial charge in [-0.05, 0) is 55.3 Å². The van der Waals surface area contributed by atoms with E-state index in [2.05, 4.69) is 9.88 Å². The molecule has 2 unspecified atom stereocenters. The average Bonchev–Trinajstić information content (AvgIpc) is 3.05. The van der Waals surface area contributed by atoms with Crippen molar-refractivity contribution in [2.24, 2.45) is 0 Å². The molecule has 2 saturated heterocycles. The summed E-state index contributed by atoms with van der Waals surface area (Å²) in [7, 11) is 0. The number of hydrogen-bond acceptors (Lipinski definition) is 4. The molecule has 0 aliphatic carbocycles. The lowest BCUT2D eigenvalue weighted by atomic mass is 9.98. The summed E-state index contributed by atoms with van der Waals surface area (Å²) in [4.78, 5) is 19.6. The zero-order valence-corrected chi connectivity index (χ0v) is 16.7. The van der Waals surface area contributed by atoms with Gasteiger partial charge in [-0.1, -0.05) is 24.3 Å². The van der Waals surface area contributed by atoms with Gasteiger partial charge >= 0.3 is 0 Å². The van der Waals surface area contributed by atoms with Crippen LogP contribution in [0, 0.1) is 0 Å². The molecule has 0 spiro atoms. The molecule has 2 fully saturated rings. The molecule has 0 radical (unpaired) electrons. The average molecular weight is 400 g/mol. The predicted molar refractivity (Wildman–Crippen MR) is 114 cm³/mol. The molecule has 5 nitrogen and oxygen atoms in total. The van der Waals surface area contributed by atoms with E-state index in [-0.39, 0.29) is 24.1 Å². The zero-order valence-electron chi connectivity index (χ0n) is 16.7. The van der Waals surface area contributed by atoms with Crippen molar-refractivity contribution in [2.45, 2.75) is 43.9 Å². The second-order valence-electron chi connectivity index (χ2n) is 7.92. The number of pyridine rings is 1. The Morgan fingerprint density at radius 2 is 1.50 bits per heavy atom. The molecule has 5 rings (SSSR count). The number of carbonyl (C=O) groups excluding carboxylic acids is 1. The van der Waals surface area contributed by atoms with E-state index >= 15 is 0 Å². The van der Waals surface area contributed by atoms with Crippen molar-refractivity contribution >= 4 is 5.91 Å². The minimum atomic E-state index is 0.102. The van der Waals surface area contributed by atoms with Gasteiger partial charge in [0, 0.05) is 42.8 Å². The topological polar surface area (TPSA) is 51.7 Å². The summed E-state index contributed by atoms with van der Waals surface area (Å²) in [5.74, 6) is 2.27. The van der Waals surface area contributed by atoms with Crippen molar-refractivity contribution in [3.8, 4) is 17.4 Å². The summed E-state index contributed by atoms with van der Waals surface area (Å²) in [6, 6.07) is 23.2. The number of para-hydroxylation sites is 1. The molecule has 30 heavy (non-hydrogen) atoms. The summed E-state index contributed by atoms with van der Waals surface area (Å²) in [6.45, 7) is 0. The number of carbonyl (C=O) groups is 1. The molecule has 1 amide bonds. The van der Waals surface area contributed by atoms with Crippen molar-refractivity contribution in [1.29, 1.82) is 0 Å². The van der Waals surface area contributed by atoms with Gasteiger partial charge in [0.05, 0.1) is 0 Å². The normalized spacial score (nSPS) is 22.5. The van der Waals surface area contributed by atoms with E-state index in [9.17, 15) is 4.79 Å². The molecule has 0 saturated carbocycles. The minimum Gasteiger partial charge on any atom is -0.474 e. The fourth-order valence-electron chi connectivity index (χ4n) is 4.58. The van der Waals surface area contributed by atoms with E-state index in [0.717, 1.165) is 37.2 Å². The lowest BCUT2D eigenvalue weighted by molar-refractivity contribution is 0.0348. The van der Waals surface area contributed by atoms with Crippen LogP contribution in [0.5, 0.6) is 17.4 Å². The Morgan fingerprint density at radius 1 is 0.833 bits per heavy atom. The van der Waals surface area contributed by atoms with Crippen molar-refractivity contribution in [2.75, 3.05) is 0 Å². The number of nitrogens with zero attached hydrogens (tertiary/aromatic N) is 2. The third kappa shape index (κ3) is 3.88. The fourth-order valence-corrected chi connectivity index (χ4v) is 4.58. The highest BCUT2D eigenvalue weighted by Gasteiger charge is 2.44. The summed E-state index contributed by atoms with van der Waals surface area (Å²) < 4.78 is 11.9. The molecule has 0 N–H and O–H groups in total. The van der Waals surface area contributed by atoms with Gasteiger partial charge in [0.2, 0.25) is 5.88 Å². The standard InChI is InChI=1S/C25H24N2O3/c28-25(18-9-13-22(14-10-18)29-21-6-2-1-3-7-21)27-19-11-12-20(27)17-23(16-19)30-24-8-4-5-15-26-24/h1-10,13-15,19-20,23H,11-12,16-17H2. The molecule has 2 bridgehead atoms. The monoisotopic (exact) mass is 400 g/mol. The highest BCUT2D eigenvalue weighted by molar-refractivity contribution is 5.95. The molecule has 5 heteroatoms. The number of aromatic nitrogens is 1. The van der Waals surface area contributed by atoms with Gasteiger partial charge in [0.1, 0.15) is 17.6 Å². The van der Waals surface area contributed by atoms with Crippen LogP contribution in [0.25, 0.3) is 0 Å². The number of hydrogen-bond donors (Lipinski definition) is 0. The summed E-state index contributed by atoms with van der Waals surface area (Å²) >= 11 is 0. The maximum atomic E-state index is 13.2. The van der Waals surface area contributed by atoms with E-state index in [1.54, 1.807) is 6.20 Å². The number of amides is 1. The van der Waals surface area contributed by atoms with Gasteiger partial charge in [-0.25, -0.2) is 4.98 Å². The maximum Gasteiger partial charge on any atom is 0.254 e. The van der Waals surface area contributed by atoms with E-state index in [1.165, 1.54) is 0 Å². The van der Waals surface area contributed by atoms with E-state index in [4.69, 9.17) is 9.47 Å². The SMILES string of the molecule is O=C(c1ccc(Oc2ccccc2)cc1)N1C2CCC1CC(Oc1ccccn1)C2. The molecular formula is C25H24N2O3. The van der Waals surface area contributed by atoms with Crippen molar-refractivity contribution < 1.29 is 14.3 Å². The van der Waals surface area contributed by atoms with Crippen molar-refractivity contribution in [3.05, 3.63) is 84.6 Å². The van der Waals surface area contributed by atoms with Crippen molar-refractivity contribution in [1.82, 2.24) is 9.88 Å². The Balaban J connectivity index is 1.24. The van der Waals surface area contributed by atoms with Crippen LogP contribution in [-0.2, 0) is 0 Å². The lowest BCUT2D eigenvalue weighted by Crippen LogP contribution is -2.49. The van der Waals surface area contributed by atoms with Crippen LogP contribution >= 0.6 is 0 Å². The number of piperidine rings is 1. The van der Waals surface area contributed by atoms with Crippen LogP contribution in [0.3, 0.4) is 0 Å². The Morgan fingerprint density at radius 3 is 2.17 bits per heavy atom. The third-order valence-electron chi connectivity index (χ3n) is 5.93. The minimum absolute atomic E-state index is 0.102. The molecule has 2 atom stereocenters. The van der Waals surface area contributed by atoms with Crippen LogP contribution in [0.15, 0.2) is 79.0 Å².